The minimum absolute atomic E-state index is 0.100. The number of hydrogen-bond acceptors (Lipinski definition) is 2. The highest BCUT2D eigenvalue weighted by atomic mass is 31.1. The molecule has 3 heteroatoms. The van der Waals surface area contributed by atoms with Crippen LogP contribution in [0.2, 0.25) is 0 Å². The molecule has 1 saturated heterocycles. The van der Waals surface area contributed by atoms with E-state index >= 15 is 0 Å². The molecule has 2 atom stereocenters. The van der Waals surface area contributed by atoms with Crippen molar-refractivity contribution in [3.05, 3.63) is 0 Å². The van der Waals surface area contributed by atoms with Crippen LogP contribution in [0.1, 0.15) is 52.4 Å². The summed E-state index contributed by atoms with van der Waals surface area (Å²) in [6.07, 6.45) is 8.12. The zero-order valence-corrected chi connectivity index (χ0v) is 12.3. The van der Waals surface area contributed by atoms with Gasteiger partial charge >= 0.3 is 5.97 Å². The van der Waals surface area contributed by atoms with Crippen LogP contribution in [-0.2, 0) is 9.53 Å². The van der Waals surface area contributed by atoms with Gasteiger partial charge in [0.25, 0.3) is 0 Å². The van der Waals surface area contributed by atoms with Crippen LogP contribution >= 0.6 is 8.58 Å². The summed E-state index contributed by atoms with van der Waals surface area (Å²) in [6.45, 7) is 6.74. The Bertz CT molecular complexity index is 293. The number of hydrogen-bond donors (Lipinski definition) is 0. The SMILES string of the molecule is CPCC(C)(C)[C@H]1CC2(CCCCC2)C(=O)O1. The monoisotopic (exact) mass is 256 g/mol. The first-order valence-corrected chi connectivity index (χ1v) is 8.57. The fourth-order valence-corrected chi connectivity index (χ4v) is 4.52. The molecular formula is C14H25O2P. The second-order valence-corrected chi connectivity index (χ2v) is 7.52. The first-order valence-electron chi connectivity index (χ1n) is 6.86. The van der Waals surface area contributed by atoms with Crippen molar-refractivity contribution in [2.24, 2.45) is 10.8 Å². The first kappa shape index (κ1) is 13.3. The zero-order chi connectivity index (χ0) is 12.5. The molecule has 1 saturated carbocycles. The van der Waals surface area contributed by atoms with Crippen molar-refractivity contribution in [1.82, 2.24) is 0 Å². The summed E-state index contributed by atoms with van der Waals surface area (Å²) >= 11 is 0. The number of ether oxygens (including phenoxy) is 1. The smallest absolute Gasteiger partial charge is 0.312 e. The average molecular weight is 256 g/mol. The van der Waals surface area contributed by atoms with E-state index in [0.717, 1.165) is 27.8 Å². The Morgan fingerprint density at radius 1 is 1.35 bits per heavy atom. The van der Waals surface area contributed by atoms with Gasteiger partial charge in [-0.3, -0.25) is 4.79 Å². The third kappa shape index (κ3) is 2.52. The van der Waals surface area contributed by atoms with E-state index in [0.29, 0.717) is 0 Å². The molecule has 2 nitrogen and oxygen atoms in total. The van der Waals surface area contributed by atoms with Gasteiger partial charge in [-0.15, -0.1) is 8.58 Å². The maximum absolute atomic E-state index is 12.2. The Balaban J connectivity index is 2.08. The first-order chi connectivity index (χ1) is 8.00. The van der Waals surface area contributed by atoms with Crippen LogP contribution in [0.5, 0.6) is 0 Å². The summed E-state index contributed by atoms with van der Waals surface area (Å²) in [6, 6.07) is 0. The van der Waals surface area contributed by atoms with Crippen LogP contribution in [-0.4, -0.2) is 24.9 Å². The van der Waals surface area contributed by atoms with Gasteiger partial charge in [-0.05, 0) is 25.7 Å². The van der Waals surface area contributed by atoms with Gasteiger partial charge in [0.2, 0.25) is 0 Å². The fourth-order valence-electron chi connectivity index (χ4n) is 3.38. The average Bonchev–Trinajstić information content (AvgIpc) is 2.58. The molecule has 0 N–H and O–H groups in total. The van der Waals surface area contributed by atoms with E-state index in [1.807, 2.05) is 0 Å². The molecule has 0 bridgehead atoms. The lowest BCUT2D eigenvalue weighted by molar-refractivity contribution is -0.152. The molecule has 1 unspecified atom stereocenters. The normalized spacial score (nSPS) is 29.1. The summed E-state index contributed by atoms with van der Waals surface area (Å²) in [4.78, 5) is 12.2. The van der Waals surface area contributed by atoms with Crippen LogP contribution < -0.4 is 0 Å². The molecule has 0 amide bonds. The summed E-state index contributed by atoms with van der Waals surface area (Å²) < 4.78 is 5.74. The molecule has 1 aliphatic heterocycles. The van der Waals surface area contributed by atoms with Gasteiger partial charge in [0.05, 0.1) is 5.41 Å². The Morgan fingerprint density at radius 3 is 2.59 bits per heavy atom. The Morgan fingerprint density at radius 2 is 2.00 bits per heavy atom. The van der Waals surface area contributed by atoms with Crippen molar-refractivity contribution in [3.63, 3.8) is 0 Å². The van der Waals surface area contributed by atoms with E-state index in [2.05, 4.69) is 20.5 Å². The van der Waals surface area contributed by atoms with Crippen molar-refractivity contribution in [2.45, 2.75) is 58.5 Å². The predicted molar refractivity (Wildman–Crippen MR) is 72.9 cm³/mol. The third-order valence-electron chi connectivity index (χ3n) is 4.57. The van der Waals surface area contributed by atoms with Gasteiger partial charge < -0.3 is 4.74 Å². The van der Waals surface area contributed by atoms with Gasteiger partial charge in [0.15, 0.2) is 0 Å². The van der Waals surface area contributed by atoms with Crippen LogP contribution in [0.3, 0.4) is 0 Å². The maximum Gasteiger partial charge on any atom is 0.312 e. The van der Waals surface area contributed by atoms with Crippen molar-refractivity contribution in [2.75, 3.05) is 12.8 Å². The molecule has 98 valence electrons. The minimum Gasteiger partial charge on any atom is -0.461 e. The van der Waals surface area contributed by atoms with Crippen molar-refractivity contribution in [3.8, 4) is 0 Å². The van der Waals surface area contributed by atoms with Crippen molar-refractivity contribution >= 4 is 14.6 Å². The molecule has 1 heterocycles. The third-order valence-corrected chi connectivity index (χ3v) is 5.84. The largest absolute Gasteiger partial charge is 0.461 e. The number of cyclic esters (lactones) is 1. The molecular weight excluding hydrogens is 231 g/mol. The van der Waals surface area contributed by atoms with Crippen molar-refractivity contribution in [1.29, 1.82) is 0 Å². The van der Waals surface area contributed by atoms with Crippen LogP contribution in [0.4, 0.5) is 0 Å². The number of rotatable bonds is 3. The molecule has 1 spiro atoms. The van der Waals surface area contributed by atoms with Gasteiger partial charge in [0.1, 0.15) is 6.10 Å². The van der Waals surface area contributed by atoms with Crippen molar-refractivity contribution < 1.29 is 9.53 Å². The summed E-state index contributed by atoms with van der Waals surface area (Å²) in [5, 5.41) is 0. The van der Waals surface area contributed by atoms with Gasteiger partial charge in [0, 0.05) is 11.8 Å². The van der Waals surface area contributed by atoms with E-state index in [-0.39, 0.29) is 22.9 Å². The van der Waals surface area contributed by atoms with Crippen LogP contribution in [0, 0.1) is 10.8 Å². The topological polar surface area (TPSA) is 26.3 Å². The predicted octanol–water partition coefficient (Wildman–Crippen LogP) is 3.59. The van der Waals surface area contributed by atoms with E-state index in [1.54, 1.807) is 0 Å². The highest BCUT2D eigenvalue weighted by Crippen LogP contribution is 2.50. The van der Waals surface area contributed by atoms with Gasteiger partial charge in [-0.2, -0.15) is 0 Å². The minimum atomic E-state index is -0.100. The molecule has 0 aromatic carbocycles. The van der Waals surface area contributed by atoms with Gasteiger partial charge in [-0.25, -0.2) is 0 Å². The number of esters is 1. The van der Waals surface area contributed by atoms with Gasteiger partial charge in [-0.1, -0.05) is 33.1 Å². The lowest BCUT2D eigenvalue weighted by Gasteiger charge is -2.32. The molecule has 1 aliphatic carbocycles. The maximum atomic E-state index is 12.2. The Labute approximate surface area is 107 Å². The molecule has 0 aromatic rings. The molecule has 0 radical (unpaired) electrons. The highest BCUT2D eigenvalue weighted by molar-refractivity contribution is 7.37. The van der Waals surface area contributed by atoms with E-state index < -0.39 is 0 Å². The van der Waals surface area contributed by atoms with Crippen LogP contribution in [0.25, 0.3) is 0 Å². The fraction of sp³-hybridized carbons (Fsp3) is 0.929. The molecule has 17 heavy (non-hydrogen) atoms. The number of carbonyl (C=O) groups is 1. The summed E-state index contributed by atoms with van der Waals surface area (Å²) in [5.41, 5.74) is 0.0564. The van der Waals surface area contributed by atoms with E-state index in [9.17, 15) is 4.79 Å². The summed E-state index contributed by atoms with van der Waals surface area (Å²) in [5.74, 6) is 0.106. The van der Waals surface area contributed by atoms with Crippen LogP contribution in [0.15, 0.2) is 0 Å². The number of carbonyl (C=O) groups excluding carboxylic acids is 1. The quantitative estimate of drug-likeness (QED) is 0.570. The zero-order valence-electron chi connectivity index (χ0n) is 11.3. The Kier molecular flexibility index (Phi) is 3.83. The van der Waals surface area contributed by atoms with E-state index in [1.165, 1.54) is 25.4 Å². The molecule has 2 fully saturated rings. The lowest BCUT2D eigenvalue weighted by Crippen LogP contribution is -2.32. The standard InChI is InChI=1S/C14H25O2P/c1-13(2,10-17-3)11-9-14(12(15)16-11)7-5-4-6-8-14/h11,17H,4-10H2,1-3H3/t11-/m1/s1. The second-order valence-electron chi connectivity index (χ2n) is 6.46. The molecule has 2 aliphatic rings. The molecule has 0 aromatic heterocycles. The highest BCUT2D eigenvalue weighted by Gasteiger charge is 2.52. The molecule has 2 rings (SSSR count). The summed E-state index contributed by atoms with van der Waals surface area (Å²) in [7, 11) is 0.934. The Hall–Kier alpha value is -0.100. The van der Waals surface area contributed by atoms with E-state index in [4.69, 9.17) is 4.74 Å². The lowest BCUT2D eigenvalue weighted by atomic mass is 9.70. The second kappa shape index (κ2) is 4.88.